The van der Waals surface area contributed by atoms with E-state index in [4.69, 9.17) is 4.98 Å². The maximum absolute atomic E-state index is 12.2. The van der Waals surface area contributed by atoms with Crippen LogP contribution in [0.1, 0.15) is 44.0 Å². The van der Waals surface area contributed by atoms with Gasteiger partial charge in [-0.25, -0.2) is 4.98 Å². The fraction of sp³-hybridized carbons (Fsp3) is 0.450. The first-order valence-corrected chi connectivity index (χ1v) is 9.21. The Hall–Kier alpha value is -2.27. The minimum atomic E-state index is -0.0990. The Morgan fingerprint density at radius 2 is 2.16 bits per heavy atom. The maximum Gasteiger partial charge on any atom is 0.251 e. The van der Waals surface area contributed by atoms with Gasteiger partial charge in [-0.1, -0.05) is 18.2 Å². The van der Waals surface area contributed by atoms with E-state index < -0.39 is 0 Å². The van der Waals surface area contributed by atoms with E-state index in [9.17, 15) is 4.79 Å². The van der Waals surface area contributed by atoms with E-state index >= 15 is 0 Å². The van der Waals surface area contributed by atoms with Crippen LogP contribution < -0.4 is 5.56 Å². The molecule has 1 fully saturated rings. The molecule has 2 atom stereocenters. The third kappa shape index (κ3) is 3.71. The summed E-state index contributed by atoms with van der Waals surface area (Å²) >= 11 is 0. The highest BCUT2D eigenvalue weighted by Gasteiger charge is 2.30. The van der Waals surface area contributed by atoms with Crippen LogP contribution in [0, 0.1) is 5.92 Å². The predicted molar refractivity (Wildman–Crippen MR) is 98.1 cm³/mol. The predicted octanol–water partition coefficient (Wildman–Crippen LogP) is 3.33. The molecule has 1 aliphatic carbocycles. The molecule has 2 aliphatic rings. The molecule has 4 rings (SSSR count). The second-order valence-electron chi connectivity index (χ2n) is 7.03. The molecule has 0 amide bonds. The SMILES string of the molecule is O=c1cc(-c2ccccn2)nc([C@@H]2CCCN2C[C@@H]2CC=CCC2)[nH]1. The van der Waals surface area contributed by atoms with Crippen LogP contribution in [0.2, 0.25) is 0 Å². The van der Waals surface area contributed by atoms with Gasteiger partial charge in [0.1, 0.15) is 5.82 Å². The molecule has 25 heavy (non-hydrogen) atoms. The van der Waals surface area contributed by atoms with Crippen molar-refractivity contribution < 1.29 is 0 Å². The highest BCUT2D eigenvalue weighted by molar-refractivity contribution is 5.52. The van der Waals surface area contributed by atoms with Gasteiger partial charge in [-0.2, -0.15) is 0 Å². The molecular formula is C20H24N4O. The number of hydrogen-bond donors (Lipinski definition) is 1. The summed E-state index contributed by atoms with van der Waals surface area (Å²) in [5.74, 6) is 1.51. The molecule has 1 aliphatic heterocycles. The first kappa shape index (κ1) is 16.2. The summed E-state index contributed by atoms with van der Waals surface area (Å²) < 4.78 is 0. The average Bonchev–Trinajstić information content (AvgIpc) is 3.11. The van der Waals surface area contributed by atoms with Gasteiger partial charge in [0.2, 0.25) is 0 Å². The summed E-state index contributed by atoms with van der Waals surface area (Å²) in [4.78, 5) is 26.8. The van der Waals surface area contributed by atoms with Gasteiger partial charge < -0.3 is 4.98 Å². The molecule has 5 nitrogen and oxygen atoms in total. The van der Waals surface area contributed by atoms with E-state index in [0.717, 1.165) is 43.4 Å². The van der Waals surface area contributed by atoms with E-state index in [1.165, 1.54) is 25.3 Å². The van der Waals surface area contributed by atoms with Crippen LogP contribution in [0.15, 0.2) is 47.4 Å². The first-order valence-electron chi connectivity index (χ1n) is 9.21. The standard InChI is InChI=1S/C20H24N4O/c25-19-13-17(16-9-4-5-11-21-16)22-20(23-19)18-10-6-12-24(18)14-15-7-2-1-3-8-15/h1-2,4-5,9,11,13,15,18H,3,6-8,10,12,14H2,(H,22,23,25)/t15-,18+/m1/s1. The van der Waals surface area contributed by atoms with Gasteiger partial charge in [0.25, 0.3) is 5.56 Å². The van der Waals surface area contributed by atoms with Crippen LogP contribution in [0.3, 0.4) is 0 Å². The van der Waals surface area contributed by atoms with Gasteiger partial charge in [0, 0.05) is 18.8 Å². The molecule has 2 aromatic heterocycles. The summed E-state index contributed by atoms with van der Waals surface area (Å²) in [5, 5.41) is 0. The molecule has 130 valence electrons. The van der Waals surface area contributed by atoms with Gasteiger partial charge in [-0.3, -0.25) is 14.7 Å². The van der Waals surface area contributed by atoms with Crippen molar-refractivity contribution in [3.8, 4) is 11.4 Å². The average molecular weight is 336 g/mol. The summed E-state index contributed by atoms with van der Waals surface area (Å²) in [7, 11) is 0. The number of aromatic amines is 1. The number of nitrogens with one attached hydrogen (secondary N) is 1. The summed E-state index contributed by atoms with van der Waals surface area (Å²) in [6.45, 7) is 2.18. The van der Waals surface area contributed by atoms with Crippen molar-refractivity contribution >= 4 is 0 Å². The number of pyridine rings is 1. The summed E-state index contributed by atoms with van der Waals surface area (Å²) in [6, 6.07) is 7.43. The van der Waals surface area contributed by atoms with Crippen molar-refractivity contribution in [2.75, 3.05) is 13.1 Å². The van der Waals surface area contributed by atoms with Crippen LogP contribution in [0.5, 0.6) is 0 Å². The molecule has 1 N–H and O–H groups in total. The molecule has 1 saturated heterocycles. The zero-order chi connectivity index (χ0) is 17.1. The lowest BCUT2D eigenvalue weighted by atomic mass is 9.93. The third-order valence-corrected chi connectivity index (χ3v) is 5.24. The molecule has 0 saturated carbocycles. The number of aromatic nitrogens is 3. The quantitative estimate of drug-likeness (QED) is 0.870. The largest absolute Gasteiger partial charge is 0.309 e. The second kappa shape index (κ2) is 7.31. The lowest BCUT2D eigenvalue weighted by Crippen LogP contribution is -2.31. The first-order chi connectivity index (χ1) is 12.3. The number of allylic oxidation sites excluding steroid dienone is 2. The zero-order valence-corrected chi connectivity index (χ0v) is 14.4. The number of nitrogens with zero attached hydrogens (tertiary/aromatic N) is 3. The highest BCUT2D eigenvalue weighted by atomic mass is 16.1. The fourth-order valence-electron chi connectivity index (χ4n) is 3.99. The van der Waals surface area contributed by atoms with Crippen molar-refractivity contribution in [1.29, 1.82) is 0 Å². The van der Waals surface area contributed by atoms with Crippen LogP contribution in [-0.4, -0.2) is 32.9 Å². The van der Waals surface area contributed by atoms with E-state index in [1.54, 1.807) is 6.20 Å². The van der Waals surface area contributed by atoms with Crippen LogP contribution in [0.4, 0.5) is 0 Å². The molecule has 5 heteroatoms. The van der Waals surface area contributed by atoms with Crippen LogP contribution in [0.25, 0.3) is 11.4 Å². The number of rotatable bonds is 4. The number of H-pyrrole nitrogens is 1. The van der Waals surface area contributed by atoms with Gasteiger partial charge in [0.05, 0.1) is 17.4 Å². The normalized spacial score (nSPS) is 23.8. The highest BCUT2D eigenvalue weighted by Crippen LogP contribution is 2.32. The molecule has 2 aromatic rings. The molecular weight excluding hydrogens is 312 g/mol. The molecule has 0 radical (unpaired) electrons. The van der Waals surface area contributed by atoms with Crippen molar-refractivity contribution in [2.45, 2.75) is 38.1 Å². The molecule has 0 aromatic carbocycles. The Labute approximate surface area is 147 Å². The summed E-state index contributed by atoms with van der Waals surface area (Å²) in [6.07, 6.45) is 12.2. The van der Waals surface area contributed by atoms with Crippen molar-refractivity contribution in [1.82, 2.24) is 19.9 Å². The van der Waals surface area contributed by atoms with Gasteiger partial charge >= 0.3 is 0 Å². The summed E-state index contributed by atoms with van der Waals surface area (Å²) in [5.41, 5.74) is 1.31. The topological polar surface area (TPSA) is 61.9 Å². The van der Waals surface area contributed by atoms with Gasteiger partial charge in [0.15, 0.2) is 0 Å². The van der Waals surface area contributed by atoms with E-state index in [1.807, 2.05) is 18.2 Å². The van der Waals surface area contributed by atoms with Gasteiger partial charge in [-0.05, 0) is 56.7 Å². The molecule has 0 unspecified atom stereocenters. The second-order valence-corrected chi connectivity index (χ2v) is 7.03. The van der Waals surface area contributed by atoms with E-state index in [0.29, 0.717) is 5.69 Å². The monoisotopic (exact) mass is 336 g/mol. The minimum absolute atomic E-state index is 0.0990. The fourth-order valence-corrected chi connectivity index (χ4v) is 3.99. The van der Waals surface area contributed by atoms with Crippen molar-refractivity contribution in [3.63, 3.8) is 0 Å². The van der Waals surface area contributed by atoms with E-state index in [2.05, 4.69) is 27.0 Å². The third-order valence-electron chi connectivity index (χ3n) is 5.24. The Bertz CT molecular complexity index is 799. The van der Waals surface area contributed by atoms with Gasteiger partial charge in [-0.15, -0.1) is 0 Å². The van der Waals surface area contributed by atoms with Crippen LogP contribution >= 0.6 is 0 Å². The lowest BCUT2D eigenvalue weighted by molar-refractivity contribution is 0.202. The zero-order valence-electron chi connectivity index (χ0n) is 14.4. The number of likely N-dealkylation sites (tertiary alicyclic amines) is 1. The van der Waals surface area contributed by atoms with Crippen molar-refractivity contribution in [3.05, 3.63) is 58.8 Å². The lowest BCUT2D eigenvalue weighted by Gasteiger charge is -2.29. The molecule has 3 heterocycles. The Morgan fingerprint density at radius 1 is 1.20 bits per heavy atom. The van der Waals surface area contributed by atoms with E-state index in [-0.39, 0.29) is 11.6 Å². The van der Waals surface area contributed by atoms with Crippen molar-refractivity contribution in [2.24, 2.45) is 5.92 Å². The Balaban J connectivity index is 1.58. The Morgan fingerprint density at radius 3 is 2.96 bits per heavy atom. The minimum Gasteiger partial charge on any atom is -0.309 e. The maximum atomic E-state index is 12.2. The number of hydrogen-bond acceptors (Lipinski definition) is 4. The molecule has 0 bridgehead atoms. The molecule has 0 spiro atoms. The smallest absolute Gasteiger partial charge is 0.251 e. The van der Waals surface area contributed by atoms with Crippen LogP contribution in [-0.2, 0) is 0 Å². The Kier molecular flexibility index (Phi) is 4.74.